The molecule has 18 heavy (non-hydrogen) atoms. The molecule has 0 radical (unpaired) electrons. The van der Waals surface area contributed by atoms with Crippen LogP contribution in [0.3, 0.4) is 0 Å². The van der Waals surface area contributed by atoms with Crippen LogP contribution in [0.4, 0.5) is 13.2 Å². The van der Waals surface area contributed by atoms with Crippen LogP contribution in [0.25, 0.3) is 5.82 Å². The van der Waals surface area contributed by atoms with E-state index in [-0.39, 0.29) is 5.92 Å². The fourth-order valence-electron chi connectivity index (χ4n) is 1.64. The van der Waals surface area contributed by atoms with E-state index in [2.05, 4.69) is 10.1 Å². The Bertz CT molecular complexity index is 551. The highest BCUT2D eigenvalue weighted by Crippen LogP contribution is 2.31. The van der Waals surface area contributed by atoms with Crippen LogP contribution in [0.2, 0.25) is 0 Å². The molecule has 0 aromatic carbocycles. The van der Waals surface area contributed by atoms with Crippen molar-refractivity contribution in [2.45, 2.75) is 25.9 Å². The van der Waals surface area contributed by atoms with E-state index >= 15 is 0 Å². The highest BCUT2D eigenvalue weighted by molar-refractivity contribution is 5.27. The first kappa shape index (κ1) is 12.7. The largest absolute Gasteiger partial charge is 0.435 e. The highest BCUT2D eigenvalue weighted by atomic mass is 19.4. The molecule has 0 N–H and O–H groups in total. The van der Waals surface area contributed by atoms with Gasteiger partial charge in [0, 0.05) is 18.9 Å². The van der Waals surface area contributed by atoms with E-state index in [1.165, 1.54) is 11.0 Å². The number of alkyl halides is 3. The van der Waals surface area contributed by atoms with Crippen LogP contribution in [-0.4, -0.2) is 19.3 Å². The Morgan fingerprint density at radius 1 is 1.28 bits per heavy atom. The standard InChI is InChI=1S/C11H13F3N4/c1-7(2)8-4-9(11(12,13)14)16-18(8)10-5-17(3)6-15-10/h4-7H,1-3H3. The van der Waals surface area contributed by atoms with E-state index in [0.29, 0.717) is 11.5 Å². The van der Waals surface area contributed by atoms with E-state index in [1.807, 2.05) is 13.8 Å². The summed E-state index contributed by atoms with van der Waals surface area (Å²) >= 11 is 0. The van der Waals surface area contributed by atoms with Gasteiger partial charge in [0.2, 0.25) is 0 Å². The van der Waals surface area contributed by atoms with Crippen molar-refractivity contribution in [3.8, 4) is 5.82 Å². The molecular weight excluding hydrogens is 245 g/mol. The summed E-state index contributed by atoms with van der Waals surface area (Å²) in [7, 11) is 1.75. The Balaban J connectivity index is 2.55. The summed E-state index contributed by atoms with van der Waals surface area (Å²) in [6.07, 6.45) is -1.29. The van der Waals surface area contributed by atoms with Gasteiger partial charge in [0.25, 0.3) is 0 Å². The molecule has 0 amide bonds. The van der Waals surface area contributed by atoms with Crippen LogP contribution in [0.15, 0.2) is 18.6 Å². The van der Waals surface area contributed by atoms with E-state index in [0.717, 1.165) is 6.07 Å². The average Bonchev–Trinajstić information content (AvgIpc) is 2.81. The smallest absolute Gasteiger partial charge is 0.338 e. The fourth-order valence-corrected chi connectivity index (χ4v) is 1.64. The number of imidazole rings is 1. The summed E-state index contributed by atoms with van der Waals surface area (Å²) in [5.41, 5.74) is -0.405. The van der Waals surface area contributed by atoms with E-state index in [9.17, 15) is 13.2 Å². The van der Waals surface area contributed by atoms with Crippen molar-refractivity contribution in [2.24, 2.45) is 7.05 Å². The summed E-state index contributed by atoms with van der Waals surface area (Å²) in [5, 5.41) is 3.60. The van der Waals surface area contributed by atoms with Crippen LogP contribution in [0.5, 0.6) is 0 Å². The zero-order valence-corrected chi connectivity index (χ0v) is 10.2. The van der Waals surface area contributed by atoms with Crippen LogP contribution in [-0.2, 0) is 13.2 Å². The number of aryl methyl sites for hydroxylation is 1. The zero-order valence-electron chi connectivity index (χ0n) is 10.2. The molecule has 2 rings (SSSR count). The molecule has 0 aliphatic carbocycles. The van der Waals surface area contributed by atoms with Gasteiger partial charge in [-0.2, -0.15) is 18.3 Å². The minimum absolute atomic E-state index is 0.0735. The van der Waals surface area contributed by atoms with Crippen molar-refractivity contribution in [2.75, 3.05) is 0 Å². The Morgan fingerprint density at radius 2 is 1.94 bits per heavy atom. The summed E-state index contributed by atoms with van der Waals surface area (Å²) in [6, 6.07) is 1.07. The SMILES string of the molecule is CC(C)c1cc(C(F)(F)F)nn1-c1cn(C)cn1. The molecule has 0 fully saturated rings. The van der Waals surface area contributed by atoms with Gasteiger partial charge in [-0.05, 0) is 12.0 Å². The molecule has 0 saturated heterocycles. The molecule has 98 valence electrons. The zero-order chi connectivity index (χ0) is 13.5. The molecule has 0 saturated carbocycles. The molecule has 0 bridgehead atoms. The van der Waals surface area contributed by atoms with Gasteiger partial charge in [-0.1, -0.05) is 13.8 Å². The maximum Gasteiger partial charge on any atom is 0.435 e. The maximum absolute atomic E-state index is 12.7. The molecule has 2 heterocycles. The number of hydrogen-bond acceptors (Lipinski definition) is 2. The third-order valence-corrected chi connectivity index (χ3v) is 2.53. The highest BCUT2D eigenvalue weighted by Gasteiger charge is 2.35. The summed E-state index contributed by atoms with van der Waals surface area (Å²) < 4.78 is 40.9. The second kappa shape index (κ2) is 4.15. The molecule has 2 aromatic heterocycles. The second-order valence-corrected chi connectivity index (χ2v) is 4.42. The summed E-state index contributed by atoms with van der Waals surface area (Å²) in [6.45, 7) is 3.63. The van der Waals surface area contributed by atoms with Crippen LogP contribution < -0.4 is 0 Å². The predicted octanol–water partition coefficient (Wildman–Crippen LogP) is 2.75. The predicted molar refractivity (Wildman–Crippen MR) is 59.4 cm³/mol. The van der Waals surface area contributed by atoms with Crippen LogP contribution in [0.1, 0.15) is 31.2 Å². The normalized spacial score (nSPS) is 12.4. The van der Waals surface area contributed by atoms with Crippen molar-refractivity contribution in [1.29, 1.82) is 0 Å². The first-order valence-corrected chi connectivity index (χ1v) is 5.44. The van der Waals surface area contributed by atoms with Crippen molar-refractivity contribution in [3.63, 3.8) is 0 Å². The molecule has 0 atom stereocenters. The van der Waals surface area contributed by atoms with Gasteiger partial charge in [-0.3, -0.25) is 0 Å². The van der Waals surface area contributed by atoms with Gasteiger partial charge >= 0.3 is 6.18 Å². The molecule has 0 spiro atoms. The maximum atomic E-state index is 12.7. The number of aromatic nitrogens is 4. The minimum Gasteiger partial charge on any atom is -0.338 e. The third-order valence-electron chi connectivity index (χ3n) is 2.53. The third kappa shape index (κ3) is 2.25. The first-order chi connectivity index (χ1) is 8.29. The van der Waals surface area contributed by atoms with Crippen molar-refractivity contribution in [1.82, 2.24) is 19.3 Å². The number of halogens is 3. The number of hydrogen-bond donors (Lipinski definition) is 0. The van der Waals surface area contributed by atoms with Gasteiger partial charge in [-0.15, -0.1) is 0 Å². The first-order valence-electron chi connectivity index (χ1n) is 5.44. The molecule has 0 aliphatic heterocycles. The Kier molecular flexibility index (Phi) is 2.92. The number of rotatable bonds is 2. The second-order valence-electron chi connectivity index (χ2n) is 4.42. The summed E-state index contributed by atoms with van der Waals surface area (Å²) in [5.74, 6) is 0.312. The molecule has 2 aromatic rings. The lowest BCUT2D eigenvalue weighted by atomic mass is 10.1. The molecule has 0 aliphatic rings. The van der Waals surface area contributed by atoms with Gasteiger partial charge in [0.15, 0.2) is 11.5 Å². The Labute approximate surface area is 102 Å². The molecular formula is C11H13F3N4. The van der Waals surface area contributed by atoms with E-state index in [4.69, 9.17) is 0 Å². The molecule has 4 nitrogen and oxygen atoms in total. The Morgan fingerprint density at radius 3 is 2.39 bits per heavy atom. The summed E-state index contributed by atoms with van der Waals surface area (Å²) in [4.78, 5) is 4.02. The topological polar surface area (TPSA) is 35.6 Å². The lowest BCUT2D eigenvalue weighted by Crippen LogP contribution is -2.08. The van der Waals surface area contributed by atoms with Gasteiger partial charge in [0.1, 0.15) is 0 Å². The lowest BCUT2D eigenvalue weighted by molar-refractivity contribution is -0.141. The van der Waals surface area contributed by atoms with Crippen LogP contribution >= 0.6 is 0 Å². The Hall–Kier alpha value is -1.79. The minimum atomic E-state index is -4.44. The average molecular weight is 258 g/mol. The van der Waals surface area contributed by atoms with Gasteiger partial charge in [0.05, 0.1) is 6.33 Å². The van der Waals surface area contributed by atoms with Crippen LogP contribution in [0, 0.1) is 0 Å². The van der Waals surface area contributed by atoms with E-state index in [1.54, 1.807) is 17.8 Å². The van der Waals surface area contributed by atoms with Crippen molar-refractivity contribution >= 4 is 0 Å². The number of nitrogens with zero attached hydrogens (tertiary/aromatic N) is 4. The molecule has 7 heteroatoms. The lowest BCUT2D eigenvalue weighted by Gasteiger charge is -2.06. The van der Waals surface area contributed by atoms with Crippen molar-refractivity contribution in [3.05, 3.63) is 30.0 Å². The fraction of sp³-hybridized carbons (Fsp3) is 0.455. The van der Waals surface area contributed by atoms with Gasteiger partial charge in [-0.25, -0.2) is 9.67 Å². The van der Waals surface area contributed by atoms with Gasteiger partial charge < -0.3 is 4.57 Å². The molecule has 0 unspecified atom stereocenters. The van der Waals surface area contributed by atoms with E-state index < -0.39 is 11.9 Å². The monoisotopic (exact) mass is 258 g/mol. The quantitative estimate of drug-likeness (QED) is 0.830. The van der Waals surface area contributed by atoms with Crippen molar-refractivity contribution < 1.29 is 13.2 Å².